The van der Waals surface area contributed by atoms with E-state index in [1.807, 2.05) is 50.2 Å². The predicted octanol–water partition coefficient (Wildman–Crippen LogP) is 5.41. The van der Waals surface area contributed by atoms with Gasteiger partial charge in [-0.05, 0) is 75.4 Å². The van der Waals surface area contributed by atoms with E-state index in [-0.39, 0.29) is 17.9 Å². The van der Waals surface area contributed by atoms with Crippen LogP contribution < -0.4 is 15.5 Å². The molecule has 2 aromatic rings. The molecule has 2 amide bonds. The Balaban J connectivity index is 1.74. The van der Waals surface area contributed by atoms with Crippen molar-refractivity contribution < 1.29 is 9.59 Å². The van der Waals surface area contributed by atoms with Gasteiger partial charge in [-0.25, -0.2) is 0 Å². The van der Waals surface area contributed by atoms with E-state index in [1.165, 1.54) is 24.8 Å². The number of hydrogen-bond donors (Lipinski definition) is 2. The molecule has 5 nitrogen and oxygen atoms in total. The summed E-state index contributed by atoms with van der Waals surface area (Å²) in [5, 5.41) is 5.94. The molecule has 1 fully saturated rings. The summed E-state index contributed by atoms with van der Waals surface area (Å²) in [5.74, 6) is -0.270. The van der Waals surface area contributed by atoms with Crippen molar-refractivity contribution in [2.75, 3.05) is 23.3 Å². The van der Waals surface area contributed by atoms with Crippen LogP contribution in [0.3, 0.4) is 0 Å². The summed E-state index contributed by atoms with van der Waals surface area (Å²) in [6, 6.07) is 13.5. The van der Waals surface area contributed by atoms with Gasteiger partial charge in [0.05, 0.1) is 5.56 Å². The standard InChI is InChI=1S/C26H35N3O2/c1-4-5-6-9-20-10-12-21(13-11-20)25(30)28-22-14-15-24(29-16-7-8-17-29)23(18-22)26(31)27-19(2)3/h10-15,18-19H,4-9,16-17H2,1-3H3,(H,27,31)(H,28,30). The minimum atomic E-state index is -0.163. The maximum Gasteiger partial charge on any atom is 0.255 e. The lowest BCUT2D eigenvalue weighted by atomic mass is 10.0. The van der Waals surface area contributed by atoms with Crippen molar-refractivity contribution in [3.63, 3.8) is 0 Å². The zero-order valence-corrected chi connectivity index (χ0v) is 19.0. The van der Waals surface area contributed by atoms with Crippen LogP contribution in [0.5, 0.6) is 0 Å². The number of aryl methyl sites for hydroxylation is 1. The molecular weight excluding hydrogens is 386 g/mol. The molecule has 1 saturated heterocycles. The number of amides is 2. The lowest BCUT2D eigenvalue weighted by Crippen LogP contribution is -2.32. The first-order valence-corrected chi connectivity index (χ1v) is 11.6. The zero-order chi connectivity index (χ0) is 22.2. The molecule has 3 rings (SSSR count). The minimum absolute atomic E-state index is 0.0491. The van der Waals surface area contributed by atoms with Crippen molar-refractivity contribution in [1.29, 1.82) is 0 Å². The van der Waals surface area contributed by atoms with Gasteiger partial charge in [-0.1, -0.05) is 31.9 Å². The van der Waals surface area contributed by atoms with Crippen LogP contribution in [0.2, 0.25) is 0 Å². The molecule has 5 heteroatoms. The van der Waals surface area contributed by atoms with Gasteiger partial charge >= 0.3 is 0 Å². The Morgan fingerprint density at radius 1 is 0.968 bits per heavy atom. The molecule has 1 aliphatic rings. The molecule has 2 aromatic carbocycles. The number of rotatable bonds is 9. The normalized spacial score (nSPS) is 13.5. The highest BCUT2D eigenvalue weighted by atomic mass is 16.2. The van der Waals surface area contributed by atoms with Crippen molar-refractivity contribution in [2.45, 2.75) is 65.3 Å². The van der Waals surface area contributed by atoms with Gasteiger partial charge in [0, 0.05) is 36.1 Å². The van der Waals surface area contributed by atoms with Crippen molar-refractivity contribution in [3.8, 4) is 0 Å². The van der Waals surface area contributed by atoms with E-state index in [2.05, 4.69) is 22.5 Å². The second-order valence-corrected chi connectivity index (χ2v) is 8.66. The SMILES string of the molecule is CCCCCc1ccc(C(=O)Nc2ccc(N3CCCC3)c(C(=O)NC(C)C)c2)cc1. The number of nitrogens with one attached hydrogen (secondary N) is 2. The van der Waals surface area contributed by atoms with Crippen molar-refractivity contribution >= 4 is 23.2 Å². The van der Waals surface area contributed by atoms with Crippen LogP contribution in [-0.4, -0.2) is 30.9 Å². The van der Waals surface area contributed by atoms with Gasteiger partial charge in [-0.2, -0.15) is 0 Å². The largest absolute Gasteiger partial charge is 0.371 e. The van der Waals surface area contributed by atoms with E-state index in [0.717, 1.165) is 38.0 Å². The van der Waals surface area contributed by atoms with Crippen LogP contribution >= 0.6 is 0 Å². The monoisotopic (exact) mass is 421 g/mol. The number of benzene rings is 2. The maximum absolute atomic E-state index is 12.8. The Labute approximate surface area is 186 Å². The minimum Gasteiger partial charge on any atom is -0.371 e. The highest BCUT2D eigenvalue weighted by molar-refractivity contribution is 6.06. The topological polar surface area (TPSA) is 61.4 Å². The molecule has 0 spiro atoms. The van der Waals surface area contributed by atoms with Crippen LogP contribution in [0.4, 0.5) is 11.4 Å². The number of unbranched alkanes of at least 4 members (excludes halogenated alkanes) is 2. The van der Waals surface area contributed by atoms with Gasteiger partial charge in [0.25, 0.3) is 11.8 Å². The molecule has 0 radical (unpaired) electrons. The zero-order valence-electron chi connectivity index (χ0n) is 19.0. The number of carbonyl (C=O) groups excluding carboxylic acids is 2. The molecule has 0 aliphatic carbocycles. The van der Waals surface area contributed by atoms with Gasteiger partial charge in [0.15, 0.2) is 0 Å². The average Bonchev–Trinajstić information content (AvgIpc) is 3.28. The van der Waals surface area contributed by atoms with Gasteiger partial charge < -0.3 is 15.5 Å². The van der Waals surface area contributed by atoms with Gasteiger partial charge in [-0.15, -0.1) is 0 Å². The molecule has 1 heterocycles. The summed E-state index contributed by atoms with van der Waals surface area (Å²) >= 11 is 0. The molecule has 1 aliphatic heterocycles. The Morgan fingerprint density at radius 3 is 2.32 bits per heavy atom. The number of nitrogens with zero attached hydrogens (tertiary/aromatic N) is 1. The molecule has 0 aromatic heterocycles. The van der Waals surface area contributed by atoms with Crippen molar-refractivity contribution in [3.05, 3.63) is 59.2 Å². The lowest BCUT2D eigenvalue weighted by molar-refractivity contribution is 0.0942. The Hall–Kier alpha value is -2.82. The number of carbonyl (C=O) groups is 2. The van der Waals surface area contributed by atoms with Crippen molar-refractivity contribution in [2.24, 2.45) is 0 Å². The van der Waals surface area contributed by atoms with E-state index in [1.54, 1.807) is 6.07 Å². The summed E-state index contributed by atoms with van der Waals surface area (Å²) in [6.07, 6.45) is 6.92. The molecule has 2 N–H and O–H groups in total. The fourth-order valence-electron chi connectivity index (χ4n) is 3.97. The van der Waals surface area contributed by atoms with Crippen LogP contribution in [0, 0.1) is 0 Å². The Bertz CT molecular complexity index is 884. The van der Waals surface area contributed by atoms with Crippen LogP contribution in [-0.2, 0) is 6.42 Å². The molecule has 166 valence electrons. The first kappa shape index (κ1) is 22.9. The predicted molar refractivity (Wildman–Crippen MR) is 128 cm³/mol. The van der Waals surface area contributed by atoms with Gasteiger partial charge in [-0.3, -0.25) is 9.59 Å². The lowest BCUT2D eigenvalue weighted by Gasteiger charge is -2.22. The van der Waals surface area contributed by atoms with Gasteiger partial charge in [0.1, 0.15) is 0 Å². The third-order valence-corrected chi connectivity index (χ3v) is 5.65. The maximum atomic E-state index is 12.8. The van der Waals surface area contributed by atoms with Crippen LogP contribution in [0.1, 0.15) is 79.2 Å². The summed E-state index contributed by atoms with van der Waals surface area (Å²) in [7, 11) is 0. The quantitative estimate of drug-likeness (QED) is 0.532. The average molecular weight is 422 g/mol. The fraction of sp³-hybridized carbons (Fsp3) is 0.462. The van der Waals surface area contributed by atoms with Crippen LogP contribution in [0.25, 0.3) is 0 Å². The van der Waals surface area contributed by atoms with E-state index in [9.17, 15) is 9.59 Å². The van der Waals surface area contributed by atoms with E-state index in [0.29, 0.717) is 16.8 Å². The molecule has 0 atom stereocenters. The molecule has 0 bridgehead atoms. The number of anilines is 2. The molecule has 0 unspecified atom stereocenters. The fourth-order valence-corrected chi connectivity index (χ4v) is 3.97. The van der Waals surface area contributed by atoms with E-state index >= 15 is 0 Å². The summed E-state index contributed by atoms with van der Waals surface area (Å²) in [4.78, 5) is 27.8. The molecule has 31 heavy (non-hydrogen) atoms. The van der Waals surface area contributed by atoms with Crippen LogP contribution in [0.15, 0.2) is 42.5 Å². The first-order chi connectivity index (χ1) is 15.0. The van der Waals surface area contributed by atoms with Crippen molar-refractivity contribution in [1.82, 2.24) is 5.32 Å². The van der Waals surface area contributed by atoms with E-state index < -0.39 is 0 Å². The third kappa shape index (κ3) is 6.33. The second-order valence-electron chi connectivity index (χ2n) is 8.66. The smallest absolute Gasteiger partial charge is 0.255 e. The highest BCUT2D eigenvalue weighted by Gasteiger charge is 2.21. The summed E-state index contributed by atoms with van der Waals surface area (Å²) < 4.78 is 0. The summed E-state index contributed by atoms with van der Waals surface area (Å²) in [6.45, 7) is 8.01. The summed E-state index contributed by atoms with van der Waals surface area (Å²) in [5.41, 5.74) is 4.06. The Kier molecular flexibility index (Phi) is 8.10. The third-order valence-electron chi connectivity index (χ3n) is 5.65. The van der Waals surface area contributed by atoms with E-state index in [4.69, 9.17) is 0 Å². The Morgan fingerprint density at radius 2 is 1.68 bits per heavy atom. The van der Waals surface area contributed by atoms with Gasteiger partial charge in [0.2, 0.25) is 0 Å². The highest BCUT2D eigenvalue weighted by Crippen LogP contribution is 2.28. The molecule has 0 saturated carbocycles. The second kappa shape index (κ2) is 11.0. The number of hydrogen-bond acceptors (Lipinski definition) is 3. The first-order valence-electron chi connectivity index (χ1n) is 11.6. The molecular formula is C26H35N3O2.